The molecular weight excluding hydrogens is 412 g/mol. The first-order chi connectivity index (χ1) is 13.6. The van der Waals surface area contributed by atoms with Gasteiger partial charge in [0.1, 0.15) is 4.88 Å². The summed E-state index contributed by atoms with van der Waals surface area (Å²) in [7, 11) is 1.35. The van der Waals surface area contributed by atoms with Gasteiger partial charge in [-0.1, -0.05) is 35.9 Å². The van der Waals surface area contributed by atoms with Gasteiger partial charge in [0.25, 0.3) is 0 Å². The number of benzene rings is 2. The van der Waals surface area contributed by atoms with Crippen molar-refractivity contribution in [3.8, 4) is 0 Å². The minimum Gasteiger partial charge on any atom is -0.465 e. The average Bonchev–Trinajstić information content (AvgIpc) is 3.03. The van der Waals surface area contributed by atoms with Crippen molar-refractivity contribution in [1.82, 2.24) is 5.32 Å². The first-order valence-corrected chi connectivity index (χ1v) is 10.6. The van der Waals surface area contributed by atoms with Crippen LogP contribution in [0.2, 0.25) is 5.02 Å². The van der Waals surface area contributed by atoms with Gasteiger partial charge in [0.2, 0.25) is 0 Å². The molecule has 3 aromatic rings. The molecule has 0 fully saturated rings. The molecule has 144 valence electrons. The first kappa shape index (κ1) is 19.2. The van der Waals surface area contributed by atoms with Crippen LogP contribution in [0.5, 0.6) is 0 Å². The summed E-state index contributed by atoms with van der Waals surface area (Å²) >= 11 is 13.2. The number of aryl methyl sites for hydroxylation is 1. The topological polar surface area (TPSA) is 50.4 Å². The van der Waals surface area contributed by atoms with Crippen molar-refractivity contribution in [3.05, 3.63) is 63.5 Å². The molecule has 28 heavy (non-hydrogen) atoms. The van der Waals surface area contributed by atoms with Crippen LogP contribution >= 0.6 is 35.2 Å². The van der Waals surface area contributed by atoms with E-state index in [0.29, 0.717) is 15.0 Å². The molecule has 1 heterocycles. The normalized spacial score (nSPS) is 15.7. The van der Waals surface area contributed by atoms with Crippen molar-refractivity contribution in [3.63, 3.8) is 0 Å². The zero-order valence-corrected chi connectivity index (χ0v) is 17.6. The second-order valence-corrected chi connectivity index (χ2v) is 8.53. The summed E-state index contributed by atoms with van der Waals surface area (Å²) in [5, 5.41) is 8.53. The van der Waals surface area contributed by atoms with Gasteiger partial charge < -0.3 is 15.4 Å². The smallest absolute Gasteiger partial charge is 0.349 e. The molecule has 0 spiro atoms. The first-order valence-electron chi connectivity index (χ1n) is 9.02. The second-order valence-electron chi connectivity index (χ2n) is 6.69. The highest BCUT2D eigenvalue weighted by molar-refractivity contribution is 7.80. The van der Waals surface area contributed by atoms with Gasteiger partial charge in [-0.3, -0.25) is 0 Å². The summed E-state index contributed by atoms with van der Waals surface area (Å²) in [5.41, 5.74) is 3.56. The number of hydrogen-bond donors (Lipinski definition) is 2. The average molecular weight is 431 g/mol. The molecule has 2 N–H and O–H groups in total. The van der Waals surface area contributed by atoms with Crippen molar-refractivity contribution >= 4 is 62.0 Å². The molecule has 0 amide bonds. The standard InChI is InChI=1S/C21H19ClN2O2S2/c1-26-20(25)19-18(22)15-10-9-13(11-17(15)28-19)23-21(27)24-16-8-4-6-12-5-2-3-7-14(12)16/h2-3,5,7,9-11,16H,4,6,8H2,1H3,(H2,23,24,27). The Morgan fingerprint density at radius 3 is 2.93 bits per heavy atom. The van der Waals surface area contributed by atoms with Crippen molar-refractivity contribution in [2.75, 3.05) is 12.4 Å². The number of carbonyl (C=O) groups excluding carboxylic acids is 1. The molecule has 4 rings (SSSR count). The Morgan fingerprint density at radius 1 is 1.29 bits per heavy atom. The van der Waals surface area contributed by atoms with E-state index >= 15 is 0 Å². The molecule has 1 aliphatic rings. The minimum atomic E-state index is -0.422. The third-order valence-electron chi connectivity index (χ3n) is 4.93. The van der Waals surface area contributed by atoms with Crippen LogP contribution in [0.25, 0.3) is 10.1 Å². The summed E-state index contributed by atoms with van der Waals surface area (Å²) in [6.07, 6.45) is 3.32. The second kappa shape index (κ2) is 8.07. The lowest BCUT2D eigenvalue weighted by Crippen LogP contribution is -2.34. The number of ether oxygens (including phenoxy) is 1. The molecular formula is C21H19ClN2O2S2. The molecule has 0 saturated carbocycles. The molecule has 0 radical (unpaired) electrons. The molecule has 4 nitrogen and oxygen atoms in total. The number of anilines is 1. The Hall–Kier alpha value is -2.15. The summed E-state index contributed by atoms with van der Waals surface area (Å²) in [5.74, 6) is -0.422. The van der Waals surface area contributed by atoms with E-state index < -0.39 is 5.97 Å². The maximum Gasteiger partial charge on any atom is 0.349 e. The third-order valence-corrected chi connectivity index (χ3v) is 6.79. The number of fused-ring (bicyclic) bond motifs is 2. The van der Waals surface area contributed by atoms with Gasteiger partial charge in [-0.25, -0.2) is 4.79 Å². The van der Waals surface area contributed by atoms with Crippen LogP contribution in [0, 0.1) is 0 Å². The quantitative estimate of drug-likeness (QED) is 0.412. The number of rotatable bonds is 3. The number of thiocarbonyl (C=S) groups is 1. The summed E-state index contributed by atoms with van der Waals surface area (Å²) < 4.78 is 5.70. The van der Waals surface area contributed by atoms with Gasteiger partial charge in [-0.15, -0.1) is 11.3 Å². The number of hydrogen-bond acceptors (Lipinski definition) is 4. The zero-order valence-electron chi connectivity index (χ0n) is 15.3. The Morgan fingerprint density at radius 2 is 2.11 bits per heavy atom. The lowest BCUT2D eigenvalue weighted by atomic mass is 9.88. The van der Waals surface area contributed by atoms with Crippen molar-refractivity contribution in [2.45, 2.75) is 25.3 Å². The number of esters is 1. The lowest BCUT2D eigenvalue weighted by molar-refractivity contribution is 0.0606. The molecule has 1 aliphatic carbocycles. The number of thiophene rings is 1. The van der Waals surface area contributed by atoms with E-state index in [-0.39, 0.29) is 6.04 Å². The fraction of sp³-hybridized carbons (Fsp3) is 0.238. The van der Waals surface area contributed by atoms with Gasteiger partial charge in [0.05, 0.1) is 18.2 Å². The van der Waals surface area contributed by atoms with E-state index in [1.807, 2.05) is 18.2 Å². The summed E-state index contributed by atoms with van der Waals surface area (Å²) in [6, 6.07) is 14.5. The van der Waals surface area contributed by atoms with Crippen molar-refractivity contribution in [1.29, 1.82) is 0 Å². The zero-order chi connectivity index (χ0) is 19.7. The van der Waals surface area contributed by atoms with Crippen LogP contribution in [0.1, 0.15) is 39.7 Å². The van der Waals surface area contributed by atoms with E-state index in [9.17, 15) is 4.79 Å². The molecule has 1 aromatic heterocycles. The summed E-state index contributed by atoms with van der Waals surface area (Å²) in [4.78, 5) is 12.3. The molecule has 1 atom stereocenters. The van der Waals surface area contributed by atoms with Crippen LogP contribution in [0.3, 0.4) is 0 Å². The largest absolute Gasteiger partial charge is 0.465 e. The molecule has 1 unspecified atom stereocenters. The van der Waals surface area contributed by atoms with Crippen LogP contribution in [0.4, 0.5) is 5.69 Å². The van der Waals surface area contributed by atoms with E-state index in [0.717, 1.165) is 35.0 Å². The highest BCUT2D eigenvalue weighted by Crippen LogP contribution is 2.37. The highest BCUT2D eigenvalue weighted by Gasteiger charge is 2.21. The van der Waals surface area contributed by atoms with Crippen LogP contribution in [0.15, 0.2) is 42.5 Å². The maximum atomic E-state index is 11.8. The van der Waals surface area contributed by atoms with Gasteiger partial charge >= 0.3 is 5.97 Å². The molecule has 0 saturated heterocycles. The van der Waals surface area contributed by atoms with Crippen LogP contribution in [-0.4, -0.2) is 18.2 Å². The van der Waals surface area contributed by atoms with Crippen LogP contribution in [-0.2, 0) is 11.2 Å². The Labute approximate surface area is 177 Å². The van der Waals surface area contributed by atoms with Gasteiger partial charge in [0, 0.05) is 15.8 Å². The third kappa shape index (κ3) is 3.72. The van der Waals surface area contributed by atoms with Crippen LogP contribution < -0.4 is 10.6 Å². The van der Waals surface area contributed by atoms with Gasteiger partial charge in [-0.05, 0) is 60.8 Å². The number of methoxy groups -OCH3 is 1. The SMILES string of the molecule is COC(=O)c1sc2cc(NC(=S)NC3CCCc4ccccc43)ccc2c1Cl. The van der Waals surface area contributed by atoms with Crippen molar-refractivity contribution in [2.24, 2.45) is 0 Å². The van der Waals surface area contributed by atoms with E-state index in [2.05, 4.69) is 34.9 Å². The van der Waals surface area contributed by atoms with Gasteiger partial charge in [0.15, 0.2) is 5.11 Å². The van der Waals surface area contributed by atoms with E-state index in [1.54, 1.807) is 0 Å². The van der Waals surface area contributed by atoms with E-state index in [1.165, 1.54) is 29.6 Å². The van der Waals surface area contributed by atoms with Gasteiger partial charge in [-0.2, -0.15) is 0 Å². The Kier molecular flexibility index (Phi) is 5.53. The molecule has 2 aromatic carbocycles. The number of carbonyl (C=O) groups is 1. The lowest BCUT2D eigenvalue weighted by Gasteiger charge is -2.27. The minimum absolute atomic E-state index is 0.218. The fourth-order valence-corrected chi connectivity index (χ4v) is 5.32. The predicted molar refractivity (Wildman–Crippen MR) is 120 cm³/mol. The maximum absolute atomic E-state index is 11.8. The summed E-state index contributed by atoms with van der Waals surface area (Å²) in [6.45, 7) is 0. The Balaban J connectivity index is 1.51. The highest BCUT2D eigenvalue weighted by atomic mass is 35.5. The molecule has 7 heteroatoms. The Bertz CT molecular complexity index is 1060. The molecule has 0 aliphatic heterocycles. The molecule has 0 bridgehead atoms. The van der Waals surface area contributed by atoms with Crippen molar-refractivity contribution < 1.29 is 9.53 Å². The van der Waals surface area contributed by atoms with E-state index in [4.69, 9.17) is 28.6 Å². The predicted octanol–water partition coefficient (Wildman–Crippen LogP) is 5.71. The number of nitrogens with one attached hydrogen (secondary N) is 2. The fourth-order valence-electron chi connectivity index (χ4n) is 3.60. The monoisotopic (exact) mass is 430 g/mol. The number of halogens is 1.